The number of hydrogen-bond acceptors (Lipinski definition) is 5. The van der Waals surface area contributed by atoms with Gasteiger partial charge in [-0.2, -0.15) is 5.10 Å². The molecular formula is C22H18N6O2. The zero-order chi connectivity index (χ0) is 20.9. The Morgan fingerprint density at radius 3 is 2.40 bits per heavy atom. The molecule has 0 fully saturated rings. The van der Waals surface area contributed by atoms with E-state index in [9.17, 15) is 9.59 Å². The highest BCUT2D eigenvalue weighted by Crippen LogP contribution is 2.15. The number of aromatic nitrogens is 4. The van der Waals surface area contributed by atoms with Crippen LogP contribution in [0.1, 0.15) is 26.4 Å². The first-order chi connectivity index (χ1) is 14.6. The molecular weight excluding hydrogens is 380 g/mol. The fourth-order valence-electron chi connectivity index (χ4n) is 2.82. The molecule has 4 aromatic rings. The highest BCUT2D eigenvalue weighted by Gasteiger charge is 2.11. The molecule has 0 saturated heterocycles. The van der Waals surface area contributed by atoms with Crippen molar-refractivity contribution in [2.24, 2.45) is 0 Å². The van der Waals surface area contributed by atoms with Crippen LogP contribution in [0.15, 0.2) is 79.4 Å². The summed E-state index contributed by atoms with van der Waals surface area (Å²) in [4.78, 5) is 32.9. The number of nitrogens with zero attached hydrogens (tertiary/aromatic N) is 4. The number of nitrogens with one attached hydrogen (secondary N) is 2. The van der Waals surface area contributed by atoms with Crippen LogP contribution >= 0.6 is 0 Å². The standard InChI is InChI=1S/C22H18N6O2/c1-15-9-12-28(27-15)19-7-5-16(6-8-19)21(29)25-18-4-2-3-17(13-18)22(30)26-20-14-23-10-11-24-20/h2-14H,1H3,(H,25,29)(H,24,26,30). The van der Waals surface area contributed by atoms with E-state index in [1.54, 1.807) is 41.1 Å². The van der Waals surface area contributed by atoms with Crippen molar-refractivity contribution in [2.45, 2.75) is 6.92 Å². The monoisotopic (exact) mass is 398 g/mol. The van der Waals surface area contributed by atoms with Gasteiger partial charge in [-0.3, -0.25) is 14.6 Å². The van der Waals surface area contributed by atoms with Gasteiger partial charge in [0.25, 0.3) is 11.8 Å². The Bertz CT molecular complexity index is 1190. The number of anilines is 2. The highest BCUT2D eigenvalue weighted by atomic mass is 16.2. The number of aryl methyl sites for hydroxylation is 1. The Balaban J connectivity index is 1.44. The minimum atomic E-state index is -0.342. The molecule has 2 heterocycles. The van der Waals surface area contributed by atoms with Crippen LogP contribution < -0.4 is 10.6 Å². The van der Waals surface area contributed by atoms with Crippen molar-refractivity contribution in [2.75, 3.05) is 10.6 Å². The van der Waals surface area contributed by atoms with E-state index in [2.05, 4.69) is 25.7 Å². The minimum Gasteiger partial charge on any atom is -0.322 e. The summed E-state index contributed by atoms with van der Waals surface area (Å²) >= 11 is 0. The Labute approximate surface area is 172 Å². The first-order valence-electron chi connectivity index (χ1n) is 9.20. The zero-order valence-corrected chi connectivity index (χ0v) is 16.1. The average molecular weight is 398 g/mol. The van der Waals surface area contributed by atoms with Gasteiger partial charge >= 0.3 is 0 Å². The van der Waals surface area contributed by atoms with Crippen LogP contribution in [0.4, 0.5) is 11.5 Å². The van der Waals surface area contributed by atoms with Gasteiger partial charge in [0.15, 0.2) is 5.82 Å². The van der Waals surface area contributed by atoms with Gasteiger partial charge in [-0.15, -0.1) is 0 Å². The normalized spacial score (nSPS) is 10.4. The van der Waals surface area contributed by atoms with Crippen LogP contribution in [0.25, 0.3) is 5.69 Å². The summed E-state index contributed by atoms with van der Waals surface area (Å²) < 4.78 is 1.75. The van der Waals surface area contributed by atoms with E-state index in [0.29, 0.717) is 22.6 Å². The van der Waals surface area contributed by atoms with E-state index in [1.807, 2.05) is 31.3 Å². The van der Waals surface area contributed by atoms with Gasteiger partial charge < -0.3 is 10.6 Å². The van der Waals surface area contributed by atoms with Crippen molar-refractivity contribution in [3.05, 3.63) is 96.2 Å². The topological polar surface area (TPSA) is 102 Å². The number of carbonyl (C=O) groups excluding carboxylic acids is 2. The van der Waals surface area contributed by atoms with Crippen LogP contribution in [0.5, 0.6) is 0 Å². The predicted molar refractivity (Wildman–Crippen MR) is 113 cm³/mol. The molecule has 0 radical (unpaired) electrons. The molecule has 2 N–H and O–H groups in total. The third kappa shape index (κ3) is 4.39. The van der Waals surface area contributed by atoms with E-state index in [1.165, 1.54) is 18.6 Å². The van der Waals surface area contributed by atoms with Gasteiger partial charge in [-0.05, 0) is 55.5 Å². The number of benzene rings is 2. The minimum absolute atomic E-state index is 0.273. The summed E-state index contributed by atoms with van der Waals surface area (Å²) in [5, 5.41) is 9.82. The van der Waals surface area contributed by atoms with Crippen LogP contribution in [0.2, 0.25) is 0 Å². The number of rotatable bonds is 5. The molecule has 0 aliphatic carbocycles. The van der Waals surface area contributed by atoms with Crippen molar-refractivity contribution >= 4 is 23.3 Å². The van der Waals surface area contributed by atoms with Gasteiger partial charge in [-0.25, -0.2) is 9.67 Å². The first-order valence-corrected chi connectivity index (χ1v) is 9.20. The fraction of sp³-hybridized carbons (Fsp3) is 0.0455. The zero-order valence-electron chi connectivity index (χ0n) is 16.1. The maximum Gasteiger partial charge on any atom is 0.256 e. The van der Waals surface area contributed by atoms with Crippen LogP contribution in [-0.4, -0.2) is 31.6 Å². The van der Waals surface area contributed by atoms with Crippen LogP contribution in [-0.2, 0) is 0 Å². The number of hydrogen-bond donors (Lipinski definition) is 2. The lowest BCUT2D eigenvalue weighted by Gasteiger charge is -2.09. The number of amides is 2. The highest BCUT2D eigenvalue weighted by molar-refractivity contribution is 6.07. The largest absolute Gasteiger partial charge is 0.322 e. The molecule has 2 aromatic heterocycles. The number of carbonyl (C=O) groups is 2. The van der Waals surface area contributed by atoms with Gasteiger partial charge in [0.1, 0.15) is 0 Å². The van der Waals surface area contributed by atoms with Crippen molar-refractivity contribution in [3.63, 3.8) is 0 Å². The Kier molecular flexibility index (Phi) is 5.29. The molecule has 0 unspecified atom stereocenters. The molecule has 0 aliphatic heterocycles. The summed E-state index contributed by atoms with van der Waals surface area (Å²) in [5.41, 5.74) is 3.18. The van der Waals surface area contributed by atoms with E-state index in [-0.39, 0.29) is 11.8 Å². The Morgan fingerprint density at radius 2 is 1.70 bits per heavy atom. The SMILES string of the molecule is Cc1ccn(-c2ccc(C(=O)Nc3cccc(C(=O)Nc4cnccn4)c3)cc2)n1. The lowest BCUT2D eigenvalue weighted by Crippen LogP contribution is -2.15. The molecule has 2 amide bonds. The van der Waals surface area contributed by atoms with Crippen molar-refractivity contribution in [1.82, 2.24) is 19.7 Å². The summed E-state index contributed by atoms with van der Waals surface area (Å²) in [5.74, 6) is -0.264. The summed E-state index contributed by atoms with van der Waals surface area (Å²) in [7, 11) is 0. The third-order valence-corrected chi connectivity index (χ3v) is 4.30. The van der Waals surface area contributed by atoms with Gasteiger partial charge in [0, 0.05) is 35.4 Å². The van der Waals surface area contributed by atoms with Crippen molar-refractivity contribution < 1.29 is 9.59 Å². The molecule has 0 atom stereocenters. The maximum atomic E-state index is 12.6. The molecule has 30 heavy (non-hydrogen) atoms. The average Bonchev–Trinajstić information content (AvgIpc) is 3.21. The molecule has 8 heteroatoms. The molecule has 148 valence electrons. The van der Waals surface area contributed by atoms with Gasteiger partial charge in [0.05, 0.1) is 17.6 Å². The van der Waals surface area contributed by atoms with Gasteiger partial charge in [0.2, 0.25) is 0 Å². The smallest absolute Gasteiger partial charge is 0.256 e. The third-order valence-electron chi connectivity index (χ3n) is 4.30. The quantitative estimate of drug-likeness (QED) is 0.536. The first kappa shape index (κ1) is 19.0. The molecule has 0 spiro atoms. The lowest BCUT2D eigenvalue weighted by atomic mass is 10.1. The second-order valence-electron chi connectivity index (χ2n) is 6.53. The summed E-state index contributed by atoms with van der Waals surface area (Å²) in [6.45, 7) is 1.92. The molecule has 0 bridgehead atoms. The van der Waals surface area contributed by atoms with E-state index < -0.39 is 0 Å². The van der Waals surface area contributed by atoms with E-state index >= 15 is 0 Å². The fourth-order valence-corrected chi connectivity index (χ4v) is 2.82. The Morgan fingerprint density at radius 1 is 0.900 bits per heavy atom. The predicted octanol–water partition coefficient (Wildman–Crippen LogP) is 3.48. The van der Waals surface area contributed by atoms with Gasteiger partial charge in [-0.1, -0.05) is 6.07 Å². The van der Waals surface area contributed by atoms with Crippen molar-refractivity contribution in [3.8, 4) is 5.69 Å². The maximum absolute atomic E-state index is 12.6. The molecule has 4 rings (SSSR count). The molecule has 2 aromatic carbocycles. The second kappa shape index (κ2) is 8.36. The summed E-state index contributed by atoms with van der Waals surface area (Å²) in [6.07, 6.45) is 6.33. The molecule has 8 nitrogen and oxygen atoms in total. The Hall–Kier alpha value is -4.33. The molecule has 0 aliphatic rings. The van der Waals surface area contributed by atoms with Crippen LogP contribution in [0.3, 0.4) is 0 Å². The van der Waals surface area contributed by atoms with Crippen LogP contribution in [0, 0.1) is 6.92 Å². The summed E-state index contributed by atoms with van der Waals surface area (Å²) in [6, 6.07) is 15.7. The lowest BCUT2D eigenvalue weighted by molar-refractivity contribution is 0.101. The van der Waals surface area contributed by atoms with E-state index in [4.69, 9.17) is 0 Å². The molecule has 0 saturated carbocycles. The van der Waals surface area contributed by atoms with Crippen molar-refractivity contribution in [1.29, 1.82) is 0 Å². The van der Waals surface area contributed by atoms with E-state index in [0.717, 1.165) is 11.4 Å². The second-order valence-corrected chi connectivity index (χ2v) is 6.53.